The van der Waals surface area contributed by atoms with Gasteiger partial charge in [0.1, 0.15) is 5.75 Å². The van der Waals surface area contributed by atoms with Crippen molar-refractivity contribution < 1.29 is 74.9 Å². The second-order valence-corrected chi connectivity index (χ2v) is 3.66. The molecule has 0 fully saturated rings. The van der Waals surface area contributed by atoms with Gasteiger partial charge in [0.05, 0.1) is 0 Å². The number of hydrogen-bond acceptors (Lipinski definition) is 2. The van der Waals surface area contributed by atoms with Crippen LogP contribution in [0.5, 0.6) is 0 Å². The number of rotatable bonds is 2. The summed E-state index contributed by atoms with van der Waals surface area (Å²) in [6.45, 7) is 0. The molecule has 0 heterocycles. The first-order chi connectivity index (χ1) is 5.08. The van der Waals surface area contributed by atoms with Gasteiger partial charge < -0.3 is 2.85 Å². The molecule has 0 aliphatic carbocycles. The summed E-state index contributed by atoms with van der Waals surface area (Å²) in [6, 6.07) is 8.52. The predicted octanol–water partition coefficient (Wildman–Crippen LogP) is -4.69. The van der Waals surface area contributed by atoms with Gasteiger partial charge in [-0.25, -0.2) is 0 Å². The Hall–Kier alpha value is 1.13. The Bertz CT molecular complexity index is 331. The second-order valence-electron chi connectivity index (χ2n) is 2.21. The third-order valence-electron chi connectivity index (χ3n) is 1.19. The van der Waals surface area contributed by atoms with E-state index in [1.54, 1.807) is 30.3 Å². The molecule has 1 aromatic rings. The molecule has 0 unspecified atom stereocenters. The molecule has 0 spiro atoms. The third kappa shape index (κ3) is 8.15. The van der Waals surface area contributed by atoms with Crippen LogP contribution in [0.15, 0.2) is 30.3 Å². The van der Waals surface area contributed by atoms with Gasteiger partial charge in [0.2, 0.25) is 0 Å². The Labute approximate surface area is 125 Å². The Morgan fingerprint density at radius 3 is 2.00 bits per heavy atom. The molecule has 0 atom stereocenters. The molecule has 0 saturated heterocycles. The molecule has 0 aromatic heterocycles. The van der Waals surface area contributed by atoms with Crippen molar-refractivity contribution in [3.63, 3.8) is 0 Å². The van der Waals surface area contributed by atoms with E-state index < -0.39 is 10.1 Å². The van der Waals surface area contributed by atoms with Crippen LogP contribution in [0, 0.1) is 0 Å². The fraction of sp³-hybridized carbons (Fsp3) is 0.143. The molecular formula is C7H10Na2O3S. The predicted molar refractivity (Wildman–Crippen MR) is 43.9 cm³/mol. The van der Waals surface area contributed by atoms with Crippen molar-refractivity contribution in [1.82, 2.24) is 0 Å². The van der Waals surface area contributed by atoms with Crippen molar-refractivity contribution in [3.8, 4) is 0 Å². The monoisotopic (exact) mass is 220 g/mol. The van der Waals surface area contributed by atoms with Crippen LogP contribution < -0.4 is 59.1 Å². The van der Waals surface area contributed by atoms with Crippen LogP contribution in [0.3, 0.4) is 0 Å². The number of hydrogen-bond donors (Lipinski definition) is 1. The van der Waals surface area contributed by atoms with Gasteiger partial charge in [0.25, 0.3) is 10.1 Å². The molecule has 3 nitrogen and oxygen atoms in total. The fourth-order valence-electron chi connectivity index (χ4n) is 0.785. The van der Waals surface area contributed by atoms with Crippen molar-refractivity contribution in [2.24, 2.45) is 0 Å². The summed E-state index contributed by atoms with van der Waals surface area (Å²) in [5.41, 5.74) is 0.593. The van der Waals surface area contributed by atoms with Gasteiger partial charge in [-0.3, -0.25) is 4.55 Å². The Kier molecular flexibility index (Phi) is 9.46. The molecule has 1 N–H and O–H groups in total. The van der Waals surface area contributed by atoms with Crippen molar-refractivity contribution >= 4 is 10.1 Å². The Morgan fingerprint density at radius 1 is 1.15 bits per heavy atom. The molecule has 13 heavy (non-hydrogen) atoms. The maximum absolute atomic E-state index is 10.4. The minimum atomic E-state index is -3.88. The van der Waals surface area contributed by atoms with E-state index in [0.29, 0.717) is 5.56 Å². The van der Waals surface area contributed by atoms with Crippen LogP contribution in [-0.4, -0.2) is 13.0 Å². The van der Waals surface area contributed by atoms with E-state index in [-0.39, 0.29) is 67.7 Å². The first-order valence-corrected chi connectivity index (χ1v) is 4.68. The summed E-state index contributed by atoms with van der Waals surface area (Å²) in [7, 11) is -3.88. The molecule has 0 saturated carbocycles. The SMILES string of the molecule is O=S(=O)(O)Cc1ccccc1.[H-].[H-].[Na+].[Na+]. The van der Waals surface area contributed by atoms with E-state index in [1.807, 2.05) is 0 Å². The van der Waals surface area contributed by atoms with Gasteiger partial charge in [0.15, 0.2) is 0 Å². The smallest absolute Gasteiger partial charge is 1.00 e. The average Bonchev–Trinajstić information content (AvgIpc) is 1.85. The zero-order valence-electron chi connectivity index (χ0n) is 9.77. The van der Waals surface area contributed by atoms with E-state index >= 15 is 0 Å². The topological polar surface area (TPSA) is 54.4 Å². The molecule has 0 bridgehead atoms. The van der Waals surface area contributed by atoms with Gasteiger partial charge in [0, 0.05) is 0 Å². The molecule has 64 valence electrons. The van der Waals surface area contributed by atoms with Gasteiger partial charge in [-0.2, -0.15) is 8.42 Å². The molecule has 0 amide bonds. The first kappa shape index (κ1) is 16.6. The van der Waals surface area contributed by atoms with Crippen molar-refractivity contribution in [2.75, 3.05) is 0 Å². The minimum Gasteiger partial charge on any atom is -1.00 e. The van der Waals surface area contributed by atoms with E-state index in [4.69, 9.17) is 4.55 Å². The fourth-order valence-corrected chi connectivity index (χ4v) is 1.40. The van der Waals surface area contributed by atoms with E-state index in [0.717, 1.165) is 0 Å². The zero-order valence-corrected chi connectivity index (χ0v) is 12.6. The largest absolute Gasteiger partial charge is 1.00 e. The van der Waals surface area contributed by atoms with E-state index in [2.05, 4.69) is 0 Å². The van der Waals surface area contributed by atoms with Crippen LogP contribution in [0.4, 0.5) is 0 Å². The Morgan fingerprint density at radius 2 is 1.62 bits per heavy atom. The van der Waals surface area contributed by atoms with Crippen LogP contribution in [0.2, 0.25) is 0 Å². The summed E-state index contributed by atoms with van der Waals surface area (Å²) in [5, 5.41) is 0. The second kappa shape index (κ2) is 7.43. The molecule has 6 heteroatoms. The molecule has 0 aliphatic heterocycles. The van der Waals surface area contributed by atoms with Crippen molar-refractivity contribution in [3.05, 3.63) is 35.9 Å². The molecule has 0 aliphatic rings. The summed E-state index contributed by atoms with van der Waals surface area (Å²) >= 11 is 0. The van der Waals surface area contributed by atoms with Gasteiger partial charge >= 0.3 is 59.1 Å². The average molecular weight is 220 g/mol. The normalized spacial score (nSPS) is 9.62. The van der Waals surface area contributed by atoms with Gasteiger partial charge in [-0.15, -0.1) is 0 Å². The van der Waals surface area contributed by atoms with Crippen LogP contribution in [0.25, 0.3) is 0 Å². The maximum Gasteiger partial charge on any atom is 1.00 e. The Balaban J connectivity index is -0.000000151. The third-order valence-corrected chi connectivity index (χ3v) is 1.89. The zero-order chi connectivity index (χ0) is 8.32. The van der Waals surface area contributed by atoms with Crippen molar-refractivity contribution in [1.29, 1.82) is 0 Å². The van der Waals surface area contributed by atoms with E-state index in [1.165, 1.54) is 0 Å². The minimum absolute atomic E-state index is 0. The van der Waals surface area contributed by atoms with Crippen LogP contribution in [-0.2, 0) is 15.9 Å². The first-order valence-electron chi connectivity index (χ1n) is 3.07. The maximum atomic E-state index is 10.4. The van der Waals surface area contributed by atoms with Crippen LogP contribution >= 0.6 is 0 Å². The summed E-state index contributed by atoms with van der Waals surface area (Å²) in [4.78, 5) is 0. The molecule has 1 aromatic carbocycles. The quantitative estimate of drug-likeness (QED) is 0.402. The summed E-state index contributed by atoms with van der Waals surface area (Å²) in [5.74, 6) is -0.312. The molecular weight excluding hydrogens is 210 g/mol. The van der Waals surface area contributed by atoms with Crippen molar-refractivity contribution in [2.45, 2.75) is 5.75 Å². The van der Waals surface area contributed by atoms with Gasteiger partial charge in [-0.1, -0.05) is 30.3 Å². The summed E-state index contributed by atoms with van der Waals surface area (Å²) in [6.07, 6.45) is 0. The molecule has 1 rings (SSSR count). The summed E-state index contributed by atoms with van der Waals surface area (Å²) < 4.78 is 29.2. The standard InChI is InChI=1S/C7H8O3S.2Na.2H/c8-11(9,10)6-7-4-2-1-3-5-7;;;;/h1-5H,6H2,(H,8,9,10);;;;/q;2*+1;2*-1. The van der Waals surface area contributed by atoms with Crippen LogP contribution in [0.1, 0.15) is 8.42 Å². The van der Waals surface area contributed by atoms with E-state index in [9.17, 15) is 8.42 Å². The number of benzene rings is 1. The van der Waals surface area contributed by atoms with Gasteiger partial charge in [-0.05, 0) is 5.56 Å². The molecule has 0 radical (unpaired) electrons.